The fraction of sp³-hybridized carbons (Fsp3) is 0. The number of phenols is 1. The van der Waals surface area contributed by atoms with E-state index in [1.54, 1.807) is 42.5 Å². The lowest BCUT2D eigenvalue weighted by molar-refractivity contribution is 0.0997. The molecule has 116 valence electrons. The Labute approximate surface area is 142 Å². The number of carbonyl (C=O) groups excluding carboxylic acids is 1. The van der Waals surface area contributed by atoms with Crippen LogP contribution in [0.3, 0.4) is 0 Å². The van der Waals surface area contributed by atoms with E-state index in [0.717, 1.165) is 5.56 Å². The van der Waals surface area contributed by atoms with Gasteiger partial charge in [0.2, 0.25) is 0 Å². The van der Waals surface area contributed by atoms with Gasteiger partial charge < -0.3 is 14.8 Å². The van der Waals surface area contributed by atoms with Crippen molar-refractivity contribution in [2.24, 2.45) is 0 Å². The Bertz CT molecular complexity index is 857. The zero-order valence-corrected chi connectivity index (χ0v) is 13.2. The molecule has 4 nitrogen and oxygen atoms in total. The molecule has 2 N–H and O–H groups in total. The number of halogens is 2. The normalized spacial score (nSPS) is 10.5. The minimum Gasteiger partial charge on any atom is -0.508 e. The van der Waals surface area contributed by atoms with Crippen LogP contribution in [0.15, 0.2) is 59.0 Å². The third kappa shape index (κ3) is 3.50. The van der Waals surface area contributed by atoms with E-state index in [0.29, 0.717) is 21.5 Å². The van der Waals surface area contributed by atoms with E-state index < -0.39 is 0 Å². The predicted molar refractivity (Wildman–Crippen MR) is 90.2 cm³/mol. The van der Waals surface area contributed by atoms with Gasteiger partial charge in [0.1, 0.15) is 11.5 Å². The highest BCUT2D eigenvalue weighted by molar-refractivity contribution is 6.42. The van der Waals surface area contributed by atoms with Crippen molar-refractivity contribution in [1.82, 2.24) is 0 Å². The van der Waals surface area contributed by atoms with Crippen LogP contribution in [0, 0.1) is 0 Å². The lowest BCUT2D eigenvalue weighted by Gasteiger charge is -2.03. The molecule has 1 heterocycles. The third-order valence-electron chi connectivity index (χ3n) is 3.16. The van der Waals surface area contributed by atoms with Crippen molar-refractivity contribution in [3.63, 3.8) is 0 Å². The summed E-state index contributed by atoms with van der Waals surface area (Å²) in [5, 5.41) is 12.8. The maximum Gasteiger partial charge on any atom is 0.291 e. The Morgan fingerprint density at radius 3 is 2.39 bits per heavy atom. The van der Waals surface area contributed by atoms with Crippen LogP contribution in [-0.2, 0) is 0 Å². The summed E-state index contributed by atoms with van der Waals surface area (Å²) in [5.41, 5.74) is 1.28. The van der Waals surface area contributed by atoms with Gasteiger partial charge in [-0.2, -0.15) is 0 Å². The number of rotatable bonds is 3. The molecule has 0 bridgehead atoms. The van der Waals surface area contributed by atoms with Crippen LogP contribution in [0.5, 0.6) is 5.75 Å². The third-order valence-corrected chi connectivity index (χ3v) is 3.90. The van der Waals surface area contributed by atoms with E-state index in [2.05, 4.69) is 5.32 Å². The standard InChI is InChI=1S/C17H11Cl2NO3/c18-13-6-1-10(9-14(13)19)15-7-8-16(23-15)17(22)20-11-2-4-12(21)5-3-11/h1-9,21H,(H,20,22). The van der Waals surface area contributed by atoms with Crippen LogP contribution in [0.25, 0.3) is 11.3 Å². The largest absolute Gasteiger partial charge is 0.508 e. The van der Waals surface area contributed by atoms with Crippen molar-refractivity contribution in [1.29, 1.82) is 0 Å². The first-order valence-corrected chi connectivity index (χ1v) is 7.44. The molecule has 2 aromatic carbocycles. The maximum absolute atomic E-state index is 12.2. The molecule has 0 radical (unpaired) electrons. The second kappa shape index (κ2) is 6.36. The second-order valence-corrected chi connectivity index (χ2v) is 5.61. The molecule has 1 amide bonds. The first-order valence-electron chi connectivity index (χ1n) is 6.68. The first kappa shape index (κ1) is 15.5. The average Bonchev–Trinajstić information content (AvgIpc) is 3.02. The molecule has 0 saturated carbocycles. The molecule has 0 unspecified atom stereocenters. The summed E-state index contributed by atoms with van der Waals surface area (Å²) in [6.45, 7) is 0. The molecule has 0 aliphatic carbocycles. The Morgan fingerprint density at radius 1 is 0.957 bits per heavy atom. The minimum absolute atomic E-state index is 0.128. The van der Waals surface area contributed by atoms with Gasteiger partial charge >= 0.3 is 0 Å². The van der Waals surface area contributed by atoms with Crippen LogP contribution < -0.4 is 5.32 Å². The smallest absolute Gasteiger partial charge is 0.291 e. The monoisotopic (exact) mass is 347 g/mol. The number of furan rings is 1. The highest BCUT2D eigenvalue weighted by Crippen LogP contribution is 2.29. The Morgan fingerprint density at radius 2 is 1.70 bits per heavy atom. The number of aromatic hydroxyl groups is 1. The number of hydrogen-bond donors (Lipinski definition) is 2. The predicted octanol–water partition coefficient (Wildman–Crippen LogP) is 5.21. The Kier molecular flexibility index (Phi) is 4.28. The molecule has 6 heteroatoms. The molecule has 0 aliphatic rings. The van der Waals surface area contributed by atoms with Gasteiger partial charge in [-0.25, -0.2) is 0 Å². The van der Waals surface area contributed by atoms with E-state index in [-0.39, 0.29) is 17.4 Å². The summed E-state index contributed by atoms with van der Waals surface area (Å²) in [6.07, 6.45) is 0. The Hall–Kier alpha value is -2.43. The van der Waals surface area contributed by atoms with Gasteiger partial charge in [0.05, 0.1) is 10.0 Å². The van der Waals surface area contributed by atoms with Gasteiger partial charge in [0.25, 0.3) is 5.91 Å². The summed E-state index contributed by atoms with van der Waals surface area (Å²) < 4.78 is 5.56. The summed E-state index contributed by atoms with van der Waals surface area (Å²) in [5.74, 6) is 0.420. The molecule has 0 aliphatic heterocycles. The van der Waals surface area contributed by atoms with E-state index >= 15 is 0 Å². The second-order valence-electron chi connectivity index (χ2n) is 4.79. The fourth-order valence-electron chi connectivity index (χ4n) is 2.00. The summed E-state index contributed by atoms with van der Waals surface area (Å²) in [4.78, 5) is 12.2. The SMILES string of the molecule is O=C(Nc1ccc(O)cc1)c1ccc(-c2ccc(Cl)c(Cl)c2)o1. The zero-order valence-electron chi connectivity index (χ0n) is 11.7. The van der Waals surface area contributed by atoms with Gasteiger partial charge in [-0.05, 0) is 54.6 Å². The van der Waals surface area contributed by atoms with Crippen molar-refractivity contribution in [2.45, 2.75) is 0 Å². The molecule has 3 aromatic rings. The van der Waals surface area contributed by atoms with E-state index in [1.807, 2.05) is 0 Å². The van der Waals surface area contributed by atoms with Crippen molar-refractivity contribution >= 4 is 34.8 Å². The van der Waals surface area contributed by atoms with Crippen LogP contribution in [-0.4, -0.2) is 11.0 Å². The molecule has 3 rings (SSSR count). The molecular weight excluding hydrogens is 337 g/mol. The van der Waals surface area contributed by atoms with Crippen molar-refractivity contribution in [3.8, 4) is 17.1 Å². The van der Waals surface area contributed by atoms with Crippen molar-refractivity contribution < 1.29 is 14.3 Å². The fourth-order valence-corrected chi connectivity index (χ4v) is 2.30. The van der Waals surface area contributed by atoms with Gasteiger partial charge in [-0.3, -0.25) is 4.79 Å². The van der Waals surface area contributed by atoms with Crippen LogP contribution in [0.2, 0.25) is 10.0 Å². The van der Waals surface area contributed by atoms with E-state index in [1.165, 1.54) is 12.1 Å². The number of hydrogen-bond acceptors (Lipinski definition) is 3. The molecule has 0 atom stereocenters. The van der Waals surface area contributed by atoms with E-state index in [4.69, 9.17) is 27.6 Å². The van der Waals surface area contributed by atoms with Crippen molar-refractivity contribution in [3.05, 3.63) is 70.4 Å². The molecule has 0 saturated heterocycles. The summed E-state index contributed by atoms with van der Waals surface area (Å²) in [7, 11) is 0. The highest BCUT2D eigenvalue weighted by atomic mass is 35.5. The molecular formula is C17H11Cl2NO3. The lowest BCUT2D eigenvalue weighted by Crippen LogP contribution is -2.10. The van der Waals surface area contributed by atoms with Crippen LogP contribution in [0.1, 0.15) is 10.6 Å². The molecule has 0 spiro atoms. The lowest BCUT2D eigenvalue weighted by atomic mass is 10.2. The van der Waals surface area contributed by atoms with Crippen LogP contribution >= 0.6 is 23.2 Å². The van der Waals surface area contributed by atoms with Gasteiger partial charge in [-0.1, -0.05) is 23.2 Å². The number of benzene rings is 2. The Balaban J connectivity index is 1.79. The topological polar surface area (TPSA) is 62.5 Å². The number of nitrogens with one attached hydrogen (secondary N) is 1. The zero-order chi connectivity index (χ0) is 16.4. The number of anilines is 1. The quantitative estimate of drug-likeness (QED) is 0.639. The van der Waals surface area contributed by atoms with E-state index in [9.17, 15) is 9.90 Å². The van der Waals surface area contributed by atoms with Gasteiger partial charge in [0, 0.05) is 11.3 Å². The van der Waals surface area contributed by atoms with Crippen LogP contribution in [0.4, 0.5) is 5.69 Å². The van der Waals surface area contributed by atoms with Crippen molar-refractivity contribution in [2.75, 3.05) is 5.32 Å². The average molecular weight is 348 g/mol. The number of carbonyl (C=O) groups is 1. The first-order chi connectivity index (χ1) is 11.0. The summed E-state index contributed by atoms with van der Waals surface area (Å²) >= 11 is 11.9. The van der Waals surface area contributed by atoms with Gasteiger partial charge in [0.15, 0.2) is 5.76 Å². The van der Waals surface area contributed by atoms with Gasteiger partial charge in [-0.15, -0.1) is 0 Å². The highest BCUT2D eigenvalue weighted by Gasteiger charge is 2.13. The number of amides is 1. The maximum atomic E-state index is 12.2. The number of phenolic OH excluding ortho intramolecular Hbond substituents is 1. The molecule has 23 heavy (non-hydrogen) atoms. The summed E-state index contributed by atoms with van der Waals surface area (Å²) in [6, 6.07) is 14.5. The molecule has 0 fully saturated rings. The minimum atomic E-state index is -0.387. The molecule has 1 aromatic heterocycles.